The van der Waals surface area contributed by atoms with E-state index in [9.17, 15) is 9.59 Å². The second kappa shape index (κ2) is 5.63. The summed E-state index contributed by atoms with van der Waals surface area (Å²) in [5, 5.41) is 0. The number of nitrogens with zero attached hydrogens (tertiary/aromatic N) is 1. The molecule has 6 heteroatoms. The number of hydrogen-bond donors (Lipinski definition) is 0. The fraction of sp³-hybridized carbons (Fsp3) is 0.467. The van der Waals surface area contributed by atoms with E-state index < -0.39 is 12.1 Å². The molecule has 6 nitrogen and oxygen atoms in total. The van der Waals surface area contributed by atoms with Gasteiger partial charge in [-0.3, -0.25) is 4.79 Å². The molecule has 0 bridgehead atoms. The SMILES string of the molecule is C[C@H](OC(=O)c1ccc2c(c1)OCO2)C(=O)N1CCCC1. The first-order valence-electron chi connectivity index (χ1n) is 7.04. The maximum Gasteiger partial charge on any atom is 0.339 e. The summed E-state index contributed by atoms with van der Waals surface area (Å²) in [4.78, 5) is 25.9. The average molecular weight is 291 g/mol. The normalized spacial score (nSPS) is 17.7. The molecular weight excluding hydrogens is 274 g/mol. The molecule has 0 unspecified atom stereocenters. The van der Waals surface area contributed by atoms with Crippen molar-refractivity contribution in [1.29, 1.82) is 0 Å². The fourth-order valence-electron chi connectivity index (χ4n) is 2.50. The van der Waals surface area contributed by atoms with Gasteiger partial charge in [0.2, 0.25) is 6.79 Å². The Kier molecular flexibility index (Phi) is 3.68. The number of carbonyl (C=O) groups is 2. The second-order valence-electron chi connectivity index (χ2n) is 5.15. The highest BCUT2D eigenvalue weighted by molar-refractivity contribution is 5.93. The smallest absolute Gasteiger partial charge is 0.339 e. The van der Waals surface area contributed by atoms with Gasteiger partial charge in [0.15, 0.2) is 17.6 Å². The van der Waals surface area contributed by atoms with Gasteiger partial charge in [-0.25, -0.2) is 4.79 Å². The number of benzene rings is 1. The number of ether oxygens (including phenoxy) is 3. The van der Waals surface area contributed by atoms with Crippen molar-refractivity contribution in [3.8, 4) is 11.5 Å². The summed E-state index contributed by atoms with van der Waals surface area (Å²) in [5.41, 5.74) is 0.348. The minimum atomic E-state index is -0.777. The minimum Gasteiger partial charge on any atom is -0.454 e. The van der Waals surface area contributed by atoms with Crippen molar-refractivity contribution in [3.05, 3.63) is 23.8 Å². The maximum atomic E-state index is 12.1. The zero-order valence-electron chi connectivity index (χ0n) is 11.8. The first-order chi connectivity index (χ1) is 10.1. The molecule has 1 amide bonds. The number of likely N-dealkylation sites (tertiary alicyclic amines) is 1. The molecule has 0 aromatic heterocycles. The molecule has 1 fully saturated rings. The molecule has 21 heavy (non-hydrogen) atoms. The summed E-state index contributed by atoms with van der Waals surface area (Å²) in [7, 11) is 0. The standard InChI is InChI=1S/C15H17NO5/c1-10(14(17)16-6-2-3-7-16)21-15(18)11-4-5-12-13(8-11)20-9-19-12/h4-5,8,10H,2-3,6-7,9H2,1H3/t10-/m0/s1. The first-order valence-corrected chi connectivity index (χ1v) is 7.04. The number of carbonyl (C=O) groups excluding carboxylic acids is 2. The van der Waals surface area contributed by atoms with Crippen LogP contribution in [0.2, 0.25) is 0 Å². The van der Waals surface area contributed by atoms with Gasteiger partial charge in [-0.2, -0.15) is 0 Å². The van der Waals surface area contributed by atoms with Crippen molar-refractivity contribution >= 4 is 11.9 Å². The Morgan fingerprint density at radius 1 is 1.19 bits per heavy atom. The van der Waals surface area contributed by atoms with E-state index in [1.165, 1.54) is 0 Å². The van der Waals surface area contributed by atoms with E-state index in [0.717, 1.165) is 25.9 Å². The predicted octanol–water partition coefficient (Wildman–Crippen LogP) is 1.58. The first kappa shape index (κ1) is 13.7. The molecule has 0 radical (unpaired) electrons. The van der Waals surface area contributed by atoms with Crippen LogP contribution in [0.5, 0.6) is 11.5 Å². The molecule has 3 rings (SSSR count). The van der Waals surface area contributed by atoms with Gasteiger partial charge in [0, 0.05) is 13.1 Å². The van der Waals surface area contributed by atoms with Gasteiger partial charge in [0.1, 0.15) is 0 Å². The molecule has 1 saturated heterocycles. The van der Waals surface area contributed by atoms with Crippen LogP contribution in [0.1, 0.15) is 30.1 Å². The van der Waals surface area contributed by atoms with Crippen LogP contribution in [0.25, 0.3) is 0 Å². The van der Waals surface area contributed by atoms with Crippen molar-refractivity contribution in [2.45, 2.75) is 25.9 Å². The van der Waals surface area contributed by atoms with Crippen LogP contribution < -0.4 is 9.47 Å². The van der Waals surface area contributed by atoms with Gasteiger partial charge in [0.05, 0.1) is 5.56 Å². The van der Waals surface area contributed by atoms with Crippen LogP contribution in [0.4, 0.5) is 0 Å². The van der Waals surface area contributed by atoms with E-state index >= 15 is 0 Å². The molecular formula is C15H17NO5. The Bertz CT molecular complexity index is 565. The largest absolute Gasteiger partial charge is 0.454 e. The lowest BCUT2D eigenvalue weighted by Crippen LogP contribution is -2.38. The molecule has 1 aromatic carbocycles. The second-order valence-corrected chi connectivity index (χ2v) is 5.15. The molecule has 0 aliphatic carbocycles. The molecule has 1 aromatic rings. The zero-order valence-corrected chi connectivity index (χ0v) is 11.8. The molecule has 0 N–H and O–H groups in total. The van der Waals surface area contributed by atoms with Crippen molar-refractivity contribution in [2.24, 2.45) is 0 Å². The summed E-state index contributed by atoms with van der Waals surface area (Å²) in [5.74, 6) is 0.450. The summed E-state index contributed by atoms with van der Waals surface area (Å²) in [6.45, 7) is 3.23. The van der Waals surface area contributed by atoms with Crippen LogP contribution in [0.15, 0.2) is 18.2 Å². The lowest BCUT2D eigenvalue weighted by atomic mass is 10.2. The highest BCUT2D eigenvalue weighted by Gasteiger charge is 2.27. The Morgan fingerprint density at radius 2 is 1.90 bits per heavy atom. The molecule has 1 atom stereocenters. The number of amides is 1. The van der Waals surface area contributed by atoms with Crippen LogP contribution in [-0.4, -0.2) is 42.8 Å². The Balaban J connectivity index is 1.64. The number of hydrogen-bond acceptors (Lipinski definition) is 5. The van der Waals surface area contributed by atoms with Crippen molar-refractivity contribution < 1.29 is 23.8 Å². The number of rotatable bonds is 3. The van der Waals surface area contributed by atoms with Crippen molar-refractivity contribution in [2.75, 3.05) is 19.9 Å². The quantitative estimate of drug-likeness (QED) is 0.791. The highest BCUT2D eigenvalue weighted by atomic mass is 16.7. The van der Waals surface area contributed by atoms with E-state index in [4.69, 9.17) is 14.2 Å². The Labute approximate surface area is 122 Å². The van der Waals surface area contributed by atoms with E-state index in [1.54, 1.807) is 30.0 Å². The fourth-order valence-corrected chi connectivity index (χ4v) is 2.50. The molecule has 2 aliphatic heterocycles. The lowest BCUT2D eigenvalue weighted by Gasteiger charge is -2.20. The van der Waals surface area contributed by atoms with Crippen LogP contribution in [-0.2, 0) is 9.53 Å². The monoisotopic (exact) mass is 291 g/mol. The number of fused-ring (bicyclic) bond motifs is 1. The van der Waals surface area contributed by atoms with Gasteiger partial charge < -0.3 is 19.1 Å². The minimum absolute atomic E-state index is 0.137. The summed E-state index contributed by atoms with van der Waals surface area (Å²) in [6, 6.07) is 4.83. The highest BCUT2D eigenvalue weighted by Crippen LogP contribution is 2.32. The van der Waals surface area contributed by atoms with Gasteiger partial charge in [-0.1, -0.05) is 0 Å². The summed E-state index contributed by atoms with van der Waals surface area (Å²) < 4.78 is 15.6. The average Bonchev–Trinajstić information content (AvgIpc) is 3.16. The maximum absolute atomic E-state index is 12.1. The van der Waals surface area contributed by atoms with E-state index in [0.29, 0.717) is 17.1 Å². The lowest BCUT2D eigenvalue weighted by molar-refractivity contribution is -0.138. The third-order valence-corrected chi connectivity index (χ3v) is 3.66. The number of esters is 1. The third kappa shape index (κ3) is 2.79. The molecule has 2 heterocycles. The Hall–Kier alpha value is -2.24. The summed E-state index contributed by atoms with van der Waals surface area (Å²) >= 11 is 0. The van der Waals surface area contributed by atoms with Gasteiger partial charge >= 0.3 is 5.97 Å². The van der Waals surface area contributed by atoms with Crippen molar-refractivity contribution in [3.63, 3.8) is 0 Å². The van der Waals surface area contributed by atoms with E-state index in [-0.39, 0.29) is 12.7 Å². The van der Waals surface area contributed by atoms with Crippen LogP contribution in [0.3, 0.4) is 0 Å². The summed E-state index contributed by atoms with van der Waals surface area (Å²) in [6.07, 6.45) is 1.24. The van der Waals surface area contributed by atoms with Crippen LogP contribution in [0, 0.1) is 0 Å². The molecule has 112 valence electrons. The molecule has 0 spiro atoms. The van der Waals surface area contributed by atoms with Gasteiger partial charge in [-0.15, -0.1) is 0 Å². The van der Waals surface area contributed by atoms with E-state index in [2.05, 4.69) is 0 Å². The predicted molar refractivity (Wildman–Crippen MR) is 73.3 cm³/mol. The van der Waals surface area contributed by atoms with Gasteiger partial charge in [0.25, 0.3) is 5.91 Å². The topological polar surface area (TPSA) is 65.1 Å². The molecule has 0 saturated carbocycles. The van der Waals surface area contributed by atoms with Crippen LogP contribution >= 0.6 is 0 Å². The zero-order chi connectivity index (χ0) is 14.8. The van der Waals surface area contributed by atoms with Crippen molar-refractivity contribution in [1.82, 2.24) is 4.90 Å². The van der Waals surface area contributed by atoms with E-state index in [1.807, 2.05) is 0 Å². The molecule has 2 aliphatic rings. The Morgan fingerprint density at radius 3 is 2.67 bits per heavy atom. The van der Waals surface area contributed by atoms with Gasteiger partial charge in [-0.05, 0) is 38.0 Å². The third-order valence-electron chi connectivity index (χ3n) is 3.66.